The molecule has 0 saturated heterocycles. The zero-order valence-corrected chi connectivity index (χ0v) is 15.6. The Morgan fingerprint density at radius 1 is 1.33 bits per heavy atom. The van der Waals surface area contributed by atoms with Gasteiger partial charge in [-0.2, -0.15) is 0 Å². The fraction of sp³-hybridized carbons (Fsp3) is 0.600. The quantitative estimate of drug-likeness (QED) is 0.842. The second kappa shape index (κ2) is 6.64. The number of benzene rings is 1. The normalized spacial score (nSPS) is 33.5. The highest BCUT2D eigenvalue weighted by Crippen LogP contribution is 2.56. The van der Waals surface area contributed by atoms with Crippen molar-refractivity contribution in [3.63, 3.8) is 0 Å². The van der Waals surface area contributed by atoms with Crippen molar-refractivity contribution in [2.45, 2.75) is 57.3 Å². The second-order valence-electron chi connectivity index (χ2n) is 7.90. The monoisotopic (exact) mass is 347 g/mol. The summed E-state index contributed by atoms with van der Waals surface area (Å²) in [6, 6.07) is 9.30. The Balaban J connectivity index is 1.76. The molecule has 2 fully saturated rings. The third kappa shape index (κ3) is 3.18. The van der Waals surface area contributed by atoms with Crippen LogP contribution in [0, 0.1) is 23.2 Å². The average molecular weight is 348 g/mol. The summed E-state index contributed by atoms with van der Waals surface area (Å²) in [5, 5.41) is 7.90. The number of Topliss-reactive ketones (excluding diaryl/α,β-unsaturated/α-hetero) is 1. The van der Waals surface area contributed by atoms with Crippen molar-refractivity contribution in [3.8, 4) is 0 Å². The molecule has 1 aromatic rings. The minimum Gasteiger partial charge on any atom is -0.299 e. The Morgan fingerprint density at radius 3 is 2.75 bits per heavy atom. The summed E-state index contributed by atoms with van der Waals surface area (Å²) in [5.74, 6) is 1.64. The summed E-state index contributed by atoms with van der Waals surface area (Å²) in [6.45, 7) is 4.54. The van der Waals surface area contributed by atoms with E-state index in [0.29, 0.717) is 22.5 Å². The Bertz CT molecular complexity index is 720. The van der Waals surface area contributed by atoms with Crippen LogP contribution in [0.15, 0.2) is 35.2 Å². The lowest BCUT2D eigenvalue weighted by Gasteiger charge is -2.42. The number of carbonyl (C=O) groups excluding carboxylic acids is 1. The van der Waals surface area contributed by atoms with Crippen LogP contribution in [0.2, 0.25) is 0 Å². The van der Waals surface area contributed by atoms with Gasteiger partial charge in [-0.1, -0.05) is 32.0 Å². The summed E-state index contributed by atoms with van der Waals surface area (Å²) < 4.78 is 12.8. The fourth-order valence-electron chi connectivity index (χ4n) is 5.09. The first-order valence-electron chi connectivity index (χ1n) is 9.07. The molecule has 5 atom stereocenters. The highest BCUT2D eigenvalue weighted by molar-refractivity contribution is 7.99. The molecule has 2 saturated carbocycles. The molecule has 0 heterocycles. The van der Waals surface area contributed by atoms with E-state index in [1.807, 2.05) is 35.7 Å². The minimum atomic E-state index is -2.59. The molecule has 4 unspecified atom stereocenters. The van der Waals surface area contributed by atoms with Gasteiger partial charge >= 0.3 is 0 Å². The molecule has 0 radical (unpaired) electrons. The summed E-state index contributed by atoms with van der Waals surface area (Å²) in [5.41, 5.74) is 0.130. The van der Waals surface area contributed by atoms with Gasteiger partial charge in [0, 0.05) is 17.2 Å². The van der Waals surface area contributed by atoms with E-state index in [-0.39, 0.29) is 11.3 Å². The predicted octanol–water partition coefficient (Wildman–Crippen LogP) is 3.82. The molecule has 4 heteroatoms. The van der Waals surface area contributed by atoms with Crippen LogP contribution in [-0.4, -0.2) is 15.4 Å². The maximum absolute atomic E-state index is 12.8. The van der Waals surface area contributed by atoms with Gasteiger partial charge in [0.05, 0.1) is 9.71 Å². The van der Waals surface area contributed by atoms with Gasteiger partial charge < -0.3 is 0 Å². The number of hydrogen-bond acceptors (Lipinski definition) is 2. The van der Waals surface area contributed by atoms with E-state index in [9.17, 15) is 9.00 Å². The Hall–Kier alpha value is -1.13. The van der Waals surface area contributed by atoms with E-state index in [4.69, 9.17) is 5.14 Å². The lowest BCUT2D eigenvalue weighted by molar-refractivity contribution is -0.130. The third-order valence-corrected chi connectivity index (χ3v) is 8.15. The lowest BCUT2D eigenvalue weighted by atomic mass is 9.62. The number of nitrogens with two attached hydrogens (primary N) is 1. The smallest absolute Gasteiger partial charge is 0.136 e. The van der Waals surface area contributed by atoms with E-state index in [1.54, 1.807) is 0 Å². The number of ketones is 1. The molecule has 1 aromatic carbocycles. The number of carbonyl (C=O) groups is 1. The van der Waals surface area contributed by atoms with Crippen molar-refractivity contribution >= 4 is 20.9 Å². The molecular formula is C20H29NO2S. The SMILES string of the molecule is CC(CC=S(N)(=O)c1ccccc1)C1CCC2C(=O)CCC[C@@]21C. The van der Waals surface area contributed by atoms with Gasteiger partial charge in [-0.25, -0.2) is 4.21 Å². The Labute approximate surface area is 146 Å². The number of rotatable bonds is 4. The first-order chi connectivity index (χ1) is 11.3. The van der Waals surface area contributed by atoms with Crippen molar-refractivity contribution < 1.29 is 9.00 Å². The van der Waals surface area contributed by atoms with Crippen molar-refractivity contribution in [2.75, 3.05) is 0 Å². The maximum Gasteiger partial charge on any atom is 0.136 e. The highest BCUT2D eigenvalue weighted by Gasteiger charge is 2.52. The Kier molecular flexibility index (Phi) is 4.89. The molecule has 0 spiro atoms. The van der Waals surface area contributed by atoms with Crippen molar-refractivity contribution in [1.82, 2.24) is 0 Å². The van der Waals surface area contributed by atoms with Crippen LogP contribution in [-0.2, 0) is 14.5 Å². The van der Waals surface area contributed by atoms with Crippen molar-refractivity contribution in [1.29, 1.82) is 0 Å². The lowest BCUT2D eigenvalue weighted by Crippen LogP contribution is -2.39. The Morgan fingerprint density at radius 2 is 2.04 bits per heavy atom. The second-order valence-corrected chi connectivity index (χ2v) is 10.0. The van der Waals surface area contributed by atoms with Gasteiger partial charge in [0.1, 0.15) is 5.78 Å². The van der Waals surface area contributed by atoms with E-state index >= 15 is 0 Å². The summed E-state index contributed by atoms with van der Waals surface area (Å²) in [4.78, 5) is 13.0. The van der Waals surface area contributed by atoms with E-state index < -0.39 is 9.71 Å². The van der Waals surface area contributed by atoms with Gasteiger partial charge in [0.2, 0.25) is 0 Å². The first-order valence-corrected chi connectivity index (χ1v) is 10.8. The molecular weight excluding hydrogens is 318 g/mol. The molecule has 0 aliphatic heterocycles. The van der Waals surface area contributed by atoms with Crippen molar-refractivity contribution in [3.05, 3.63) is 30.3 Å². The summed E-state index contributed by atoms with van der Waals surface area (Å²) >= 11 is 0. The van der Waals surface area contributed by atoms with Crippen molar-refractivity contribution in [2.24, 2.45) is 28.3 Å². The minimum absolute atomic E-state index is 0.130. The molecule has 24 heavy (non-hydrogen) atoms. The largest absolute Gasteiger partial charge is 0.299 e. The first kappa shape index (κ1) is 17.7. The van der Waals surface area contributed by atoms with E-state index in [0.717, 1.165) is 38.5 Å². The van der Waals surface area contributed by atoms with Crippen LogP contribution in [0.1, 0.15) is 52.4 Å². The standard InChI is InChI=1S/C20H29NO2S/c1-15(12-14-24(21,23)16-7-4-3-5-8-16)17-10-11-18-19(22)9-6-13-20(17,18)2/h3-5,7-8,14-15,17-18H,6,9-13H2,1-2H3,(H2,21,23)/t15?,17?,18?,20-,24?/m1/s1. The zero-order valence-electron chi connectivity index (χ0n) is 14.7. The molecule has 2 N–H and O–H groups in total. The maximum atomic E-state index is 12.8. The van der Waals surface area contributed by atoms with Gasteiger partial charge in [-0.05, 0) is 66.9 Å². The average Bonchev–Trinajstić information content (AvgIpc) is 2.92. The molecule has 0 bridgehead atoms. The molecule has 3 rings (SSSR count). The van der Waals surface area contributed by atoms with E-state index in [2.05, 4.69) is 13.8 Å². The molecule has 0 amide bonds. The van der Waals surface area contributed by atoms with Crippen LogP contribution in [0.5, 0.6) is 0 Å². The highest BCUT2D eigenvalue weighted by atomic mass is 32.2. The van der Waals surface area contributed by atoms with Gasteiger partial charge in [-0.15, -0.1) is 0 Å². The van der Waals surface area contributed by atoms with E-state index in [1.165, 1.54) is 0 Å². The molecule has 2 aliphatic carbocycles. The van der Waals surface area contributed by atoms with Gasteiger partial charge in [-0.3, -0.25) is 9.93 Å². The zero-order chi connectivity index (χ0) is 17.4. The van der Waals surface area contributed by atoms with Crippen LogP contribution in [0.3, 0.4) is 0 Å². The van der Waals surface area contributed by atoms with Crippen LogP contribution in [0.4, 0.5) is 0 Å². The summed E-state index contributed by atoms with van der Waals surface area (Å²) in [7, 11) is -2.59. The number of fused-ring (bicyclic) bond motifs is 1. The fourth-order valence-corrected chi connectivity index (χ4v) is 6.46. The topological polar surface area (TPSA) is 60.2 Å². The predicted molar refractivity (Wildman–Crippen MR) is 100 cm³/mol. The van der Waals surface area contributed by atoms with Gasteiger partial charge in [0.15, 0.2) is 0 Å². The molecule has 0 aromatic heterocycles. The van der Waals surface area contributed by atoms with Crippen LogP contribution >= 0.6 is 0 Å². The summed E-state index contributed by atoms with van der Waals surface area (Å²) in [6.07, 6.45) is 5.81. The number of hydrogen-bond donors (Lipinski definition) is 1. The molecule has 2 aliphatic rings. The van der Waals surface area contributed by atoms with Crippen LogP contribution in [0.25, 0.3) is 0 Å². The van der Waals surface area contributed by atoms with Crippen LogP contribution < -0.4 is 5.14 Å². The molecule has 3 nitrogen and oxygen atoms in total. The molecule has 132 valence electrons. The van der Waals surface area contributed by atoms with Gasteiger partial charge in [0.25, 0.3) is 0 Å². The third-order valence-electron chi connectivity index (χ3n) is 6.45.